The van der Waals surface area contributed by atoms with Crippen LogP contribution in [-0.4, -0.2) is 23.2 Å². The molecule has 0 saturated carbocycles. The number of para-hydroxylation sites is 1. The Morgan fingerprint density at radius 2 is 1.94 bits per heavy atom. The molecule has 10 heteroatoms. The van der Waals surface area contributed by atoms with Crippen LogP contribution in [-0.2, 0) is 22.9 Å². The minimum absolute atomic E-state index is 0.184. The highest BCUT2D eigenvalue weighted by molar-refractivity contribution is 7.93. The normalized spacial score (nSPS) is 13.2. The zero-order valence-electron chi connectivity index (χ0n) is 16.2. The van der Waals surface area contributed by atoms with E-state index in [4.69, 9.17) is 5.10 Å². The van der Waals surface area contributed by atoms with Crippen LogP contribution >= 0.6 is 11.3 Å². The van der Waals surface area contributed by atoms with E-state index < -0.39 is 20.7 Å². The Labute approximate surface area is 182 Å². The first-order chi connectivity index (χ1) is 15.0. The van der Waals surface area contributed by atoms with Crippen molar-refractivity contribution >= 4 is 38.0 Å². The maximum atomic E-state index is 14.8. The van der Waals surface area contributed by atoms with Crippen LogP contribution in [0.5, 0.6) is 0 Å². The van der Waals surface area contributed by atoms with Crippen molar-refractivity contribution in [1.29, 1.82) is 0 Å². The third kappa shape index (κ3) is 3.79. The lowest BCUT2D eigenvalue weighted by atomic mass is 10.2. The Hall–Kier alpha value is -3.24. The zero-order valence-corrected chi connectivity index (χ0v) is 17.9. The first-order valence-corrected chi connectivity index (χ1v) is 12.0. The van der Waals surface area contributed by atoms with E-state index in [1.165, 1.54) is 18.3 Å². The summed E-state index contributed by atoms with van der Waals surface area (Å²) >= 11 is 1.12. The number of fused-ring (bicyclic) bond motifs is 1. The molecule has 2 heterocycles. The van der Waals surface area contributed by atoms with Crippen molar-refractivity contribution in [3.05, 3.63) is 77.2 Å². The van der Waals surface area contributed by atoms with Gasteiger partial charge in [-0.05, 0) is 49.6 Å². The van der Waals surface area contributed by atoms with Gasteiger partial charge in [0.1, 0.15) is 16.5 Å². The molecule has 0 saturated heterocycles. The van der Waals surface area contributed by atoms with E-state index in [9.17, 15) is 12.8 Å². The van der Waals surface area contributed by atoms with Gasteiger partial charge in [0.25, 0.3) is 10.0 Å². The Balaban J connectivity index is 1.47. The van der Waals surface area contributed by atoms with Crippen LogP contribution in [0.4, 0.5) is 21.0 Å². The number of hydrogen-bond donors (Lipinski definition) is 2. The SMILES string of the molecule is O=S(=O)(Nc1nccs1)c1ccc(Nc2c3c(nn2-c2ccccc2)CCC3)cc1F. The predicted molar refractivity (Wildman–Crippen MR) is 118 cm³/mol. The number of rotatable bonds is 6. The fraction of sp³-hybridized carbons (Fsp3) is 0.143. The minimum Gasteiger partial charge on any atom is -0.340 e. The molecule has 2 aromatic carbocycles. The summed E-state index contributed by atoms with van der Waals surface area (Å²) in [6, 6.07) is 13.7. The summed E-state index contributed by atoms with van der Waals surface area (Å²) in [4.78, 5) is 3.44. The molecule has 0 fully saturated rings. The number of nitrogens with one attached hydrogen (secondary N) is 2. The van der Waals surface area contributed by atoms with Crippen molar-refractivity contribution in [3.8, 4) is 5.69 Å². The van der Waals surface area contributed by atoms with Gasteiger partial charge < -0.3 is 5.32 Å². The molecule has 0 atom stereocenters. The molecule has 0 unspecified atom stereocenters. The molecule has 1 aliphatic carbocycles. The van der Waals surface area contributed by atoms with E-state index in [0.717, 1.165) is 53.4 Å². The number of halogens is 1. The molecule has 0 radical (unpaired) electrons. The summed E-state index contributed by atoms with van der Waals surface area (Å²) in [6.07, 6.45) is 4.28. The lowest BCUT2D eigenvalue weighted by Crippen LogP contribution is -2.14. The fourth-order valence-corrected chi connectivity index (χ4v) is 5.50. The van der Waals surface area contributed by atoms with Gasteiger partial charge in [0.2, 0.25) is 0 Å². The third-order valence-corrected chi connectivity index (χ3v) is 7.24. The minimum atomic E-state index is -4.08. The molecule has 2 aromatic heterocycles. The number of sulfonamides is 1. The fourth-order valence-electron chi connectivity index (χ4n) is 3.65. The molecule has 0 spiro atoms. The molecule has 0 bridgehead atoms. The quantitative estimate of drug-likeness (QED) is 0.447. The van der Waals surface area contributed by atoms with Crippen molar-refractivity contribution in [3.63, 3.8) is 0 Å². The van der Waals surface area contributed by atoms with E-state index >= 15 is 0 Å². The summed E-state index contributed by atoms with van der Waals surface area (Å²) in [7, 11) is -4.08. The average molecular weight is 456 g/mol. The zero-order chi connectivity index (χ0) is 21.4. The number of aromatic nitrogens is 3. The maximum Gasteiger partial charge on any atom is 0.266 e. The second kappa shape index (κ2) is 7.78. The highest BCUT2D eigenvalue weighted by atomic mass is 32.2. The summed E-state index contributed by atoms with van der Waals surface area (Å²) < 4.78 is 44.0. The van der Waals surface area contributed by atoms with E-state index in [1.807, 2.05) is 35.0 Å². The van der Waals surface area contributed by atoms with Crippen LogP contribution in [0.3, 0.4) is 0 Å². The molecule has 0 aliphatic heterocycles. The molecule has 7 nitrogen and oxygen atoms in total. The number of benzene rings is 2. The van der Waals surface area contributed by atoms with Crippen LogP contribution in [0.15, 0.2) is 65.0 Å². The van der Waals surface area contributed by atoms with Gasteiger partial charge in [-0.1, -0.05) is 18.2 Å². The summed E-state index contributed by atoms with van der Waals surface area (Å²) in [6.45, 7) is 0. The van der Waals surface area contributed by atoms with Crippen LogP contribution < -0.4 is 10.0 Å². The van der Waals surface area contributed by atoms with Crippen LogP contribution in [0, 0.1) is 5.82 Å². The van der Waals surface area contributed by atoms with Crippen LogP contribution in [0.1, 0.15) is 17.7 Å². The number of anilines is 3. The lowest BCUT2D eigenvalue weighted by Gasteiger charge is -2.13. The van der Waals surface area contributed by atoms with Gasteiger partial charge in [-0.3, -0.25) is 4.72 Å². The highest BCUT2D eigenvalue weighted by Crippen LogP contribution is 2.33. The van der Waals surface area contributed by atoms with Crippen molar-refractivity contribution in [2.75, 3.05) is 10.0 Å². The van der Waals surface area contributed by atoms with Gasteiger partial charge in [-0.15, -0.1) is 11.3 Å². The van der Waals surface area contributed by atoms with E-state index in [2.05, 4.69) is 15.0 Å². The van der Waals surface area contributed by atoms with E-state index in [0.29, 0.717) is 5.69 Å². The third-order valence-electron chi connectivity index (χ3n) is 5.05. The monoisotopic (exact) mass is 455 g/mol. The van der Waals surface area contributed by atoms with Gasteiger partial charge in [-0.25, -0.2) is 22.5 Å². The largest absolute Gasteiger partial charge is 0.340 e. The molecule has 158 valence electrons. The van der Waals surface area contributed by atoms with Gasteiger partial charge in [0.05, 0.1) is 11.4 Å². The maximum absolute atomic E-state index is 14.8. The Morgan fingerprint density at radius 1 is 1.10 bits per heavy atom. The van der Waals surface area contributed by atoms with Gasteiger partial charge in [-0.2, -0.15) is 5.10 Å². The second-order valence-electron chi connectivity index (χ2n) is 7.09. The Bertz CT molecular complexity index is 1340. The molecule has 1 aliphatic rings. The molecule has 2 N–H and O–H groups in total. The second-order valence-corrected chi connectivity index (χ2v) is 9.63. The molecular weight excluding hydrogens is 437 g/mol. The lowest BCUT2D eigenvalue weighted by molar-refractivity contribution is 0.570. The van der Waals surface area contributed by atoms with Crippen molar-refractivity contribution in [2.24, 2.45) is 0 Å². The molecule has 4 aromatic rings. The molecule has 5 rings (SSSR count). The molecule has 0 amide bonds. The highest BCUT2D eigenvalue weighted by Gasteiger charge is 2.24. The smallest absolute Gasteiger partial charge is 0.266 e. The van der Waals surface area contributed by atoms with Crippen LogP contribution in [0.2, 0.25) is 0 Å². The van der Waals surface area contributed by atoms with Gasteiger partial charge in [0.15, 0.2) is 5.13 Å². The summed E-state index contributed by atoms with van der Waals surface area (Å²) in [5.74, 6) is -0.0777. The topological polar surface area (TPSA) is 88.9 Å². The summed E-state index contributed by atoms with van der Waals surface area (Å²) in [5, 5.41) is 9.80. The van der Waals surface area contributed by atoms with E-state index in [1.54, 1.807) is 11.4 Å². The van der Waals surface area contributed by atoms with Crippen molar-refractivity contribution < 1.29 is 12.8 Å². The first-order valence-electron chi connectivity index (χ1n) is 9.66. The Kier molecular flexibility index (Phi) is 4.95. The van der Waals surface area contributed by atoms with Gasteiger partial charge >= 0.3 is 0 Å². The van der Waals surface area contributed by atoms with Crippen molar-refractivity contribution in [2.45, 2.75) is 24.2 Å². The number of aryl methyl sites for hydroxylation is 1. The Morgan fingerprint density at radius 3 is 2.68 bits per heavy atom. The van der Waals surface area contributed by atoms with Crippen LogP contribution in [0.25, 0.3) is 5.69 Å². The molecular formula is C21H18FN5O2S2. The van der Waals surface area contributed by atoms with Crippen molar-refractivity contribution in [1.82, 2.24) is 14.8 Å². The number of thiazole rings is 1. The predicted octanol–water partition coefficient (Wildman–Crippen LogP) is 4.50. The average Bonchev–Trinajstić information content (AvgIpc) is 3.48. The summed E-state index contributed by atoms with van der Waals surface area (Å²) in [5.41, 5.74) is 3.47. The number of nitrogens with zero attached hydrogens (tertiary/aromatic N) is 3. The standard InChI is InChI=1S/C21H18FN5O2S2/c22-17-13-14(9-10-19(17)31(28,29)26-21-23-11-12-30-21)24-20-16-7-4-8-18(16)25-27(20)15-5-2-1-3-6-15/h1-3,5-6,9-13,24H,4,7-8H2,(H,23,26). The number of hydrogen-bond acceptors (Lipinski definition) is 6. The van der Waals surface area contributed by atoms with Gasteiger partial charge in [0, 0.05) is 22.8 Å². The molecule has 31 heavy (non-hydrogen) atoms. The first kappa shape index (κ1) is 19.7. The van der Waals surface area contributed by atoms with E-state index in [-0.39, 0.29) is 5.13 Å².